The molecule has 0 atom stereocenters. The molecule has 0 unspecified atom stereocenters. The molecule has 0 spiro atoms. The van der Waals surface area contributed by atoms with Gasteiger partial charge < -0.3 is 10.2 Å². The predicted molar refractivity (Wildman–Crippen MR) is 96.6 cm³/mol. The molecule has 3 rings (SSSR count). The Bertz CT molecular complexity index is 888. The van der Waals surface area contributed by atoms with Crippen molar-refractivity contribution in [2.24, 2.45) is 0 Å². The predicted octanol–water partition coefficient (Wildman–Crippen LogP) is 3.07. The van der Waals surface area contributed by atoms with E-state index in [1.165, 1.54) is 18.3 Å². The molecule has 0 saturated carbocycles. The normalized spacial score (nSPS) is 10.4. The van der Waals surface area contributed by atoms with Gasteiger partial charge in [-0.25, -0.2) is 14.4 Å². The van der Waals surface area contributed by atoms with E-state index in [0.29, 0.717) is 6.54 Å². The Hall–Kier alpha value is -3.35. The maximum absolute atomic E-state index is 13.7. The summed E-state index contributed by atoms with van der Waals surface area (Å²) in [5, 5.41) is 2.79. The Morgan fingerprint density at radius 2 is 1.88 bits per heavy atom. The summed E-state index contributed by atoms with van der Waals surface area (Å²) in [7, 11) is 1.72. The molecule has 7 heteroatoms. The number of hydrogen-bond donors (Lipinski definition) is 1. The van der Waals surface area contributed by atoms with E-state index in [2.05, 4.69) is 20.3 Å². The lowest BCUT2D eigenvalue weighted by Gasteiger charge is -2.17. The van der Waals surface area contributed by atoms with E-state index in [4.69, 9.17) is 0 Å². The SMILES string of the molecule is CN(CCc1ccncc1)C(=O)c1ccnc(Nc2ccccc2F)n1. The van der Waals surface area contributed by atoms with Crippen LogP contribution in [0.5, 0.6) is 0 Å². The Morgan fingerprint density at radius 3 is 2.65 bits per heavy atom. The molecule has 3 aromatic rings. The second-order valence-corrected chi connectivity index (χ2v) is 5.70. The molecule has 132 valence electrons. The Balaban J connectivity index is 1.66. The van der Waals surface area contributed by atoms with Gasteiger partial charge in [0.05, 0.1) is 5.69 Å². The second kappa shape index (κ2) is 8.15. The first-order valence-electron chi connectivity index (χ1n) is 8.12. The van der Waals surface area contributed by atoms with E-state index in [1.54, 1.807) is 42.5 Å². The molecule has 2 aromatic heterocycles. The fourth-order valence-corrected chi connectivity index (χ4v) is 2.36. The van der Waals surface area contributed by atoms with E-state index >= 15 is 0 Å². The van der Waals surface area contributed by atoms with Crippen molar-refractivity contribution in [3.8, 4) is 0 Å². The zero-order chi connectivity index (χ0) is 18.4. The molecule has 0 aliphatic heterocycles. The molecule has 2 heterocycles. The summed E-state index contributed by atoms with van der Waals surface area (Å²) in [6, 6.07) is 11.6. The number of carbonyl (C=O) groups excluding carboxylic acids is 1. The number of hydrogen-bond acceptors (Lipinski definition) is 5. The van der Waals surface area contributed by atoms with Gasteiger partial charge in [0.2, 0.25) is 5.95 Å². The van der Waals surface area contributed by atoms with E-state index in [9.17, 15) is 9.18 Å². The average molecular weight is 351 g/mol. The number of nitrogens with one attached hydrogen (secondary N) is 1. The van der Waals surface area contributed by atoms with Gasteiger partial charge in [-0.3, -0.25) is 9.78 Å². The van der Waals surface area contributed by atoms with Gasteiger partial charge in [-0.1, -0.05) is 12.1 Å². The lowest BCUT2D eigenvalue weighted by Crippen LogP contribution is -2.29. The van der Waals surface area contributed by atoms with Gasteiger partial charge in [-0.15, -0.1) is 0 Å². The number of para-hydroxylation sites is 1. The van der Waals surface area contributed by atoms with Crippen LogP contribution in [0.15, 0.2) is 61.1 Å². The molecular formula is C19H18FN5O. The number of nitrogens with zero attached hydrogens (tertiary/aromatic N) is 4. The van der Waals surface area contributed by atoms with E-state index in [-0.39, 0.29) is 23.2 Å². The molecule has 0 aliphatic rings. The largest absolute Gasteiger partial charge is 0.340 e. The summed E-state index contributed by atoms with van der Waals surface area (Å²) < 4.78 is 13.7. The summed E-state index contributed by atoms with van der Waals surface area (Å²) >= 11 is 0. The highest BCUT2D eigenvalue weighted by molar-refractivity contribution is 5.92. The van der Waals surface area contributed by atoms with Gasteiger partial charge in [0, 0.05) is 32.2 Å². The molecule has 0 fully saturated rings. The van der Waals surface area contributed by atoms with Crippen molar-refractivity contribution in [3.05, 3.63) is 78.1 Å². The molecule has 1 aromatic carbocycles. The van der Waals surface area contributed by atoms with Crippen LogP contribution in [-0.4, -0.2) is 39.4 Å². The number of rotatable bonds is 6. The third-order valence-corrected chi connectivity index (χ3v) is 3.83. The molecule has 26 heavy (non-hydrogen) atoms. The Morgan fingerprint density at radius 1 is 1.12 bits per heavy atom. The van der Waals surface area contributed by atoms with Gasteiger partial charge >= 0.3 is 0 Å². The van der Waals surface area contributed by atoms with E-state index in [0.717, 1.165) is 12.0 Å². The smallest absolute Gasteiger partial charge is 0.272 e. The molecule has 0 bridgehead atoms. The number of benzene rings is 1. The molecule has 1 amide bonds. The highest BCUT2D eigenvalue weighted by atomic mass is 19.1. The van der Waals surface area contributed by atoms with Crippen molar-refractivity contribution in [3.63, 3.8) is 0 Å². The van der Waals surface area contributed by atoms with Crippen LogP contribution in [0.25, 0.3) is 0 Å². The Kier molecular flexibility index (Phi) is 5.48. The number of aromatic nitrogens is 3. The number of halogens is 1. The first kappa shape index (κ1) is 17.5. The minimum absolute atomic E-state index is 0.170. The highest BCUT2D eigenvalue weighted by Crippen LogP contribution is 2.16. The van der Waals surface area contributed by atoms with Crippen LogP contribution >= 0.6 is 0 Å². The van der Waals surface area contributed by atoms with Gasteiger partial charge in [-0.05, 0) is 42.3 Å². The third-order valence-electron chi connectivity index (χ3n) is 3.83. The first-order chi connectivity index (χ1) is 12.6. The maximum atomic E-state index is 13.7. The fourth-order valence-electron chi connectivity index (χ4n) is 2.36. The van der Waals surface area contributed by atoms with Crippen LogP contribution < -0.4 is 5.32 Å². The lowest BCUT2D eigenvalue weighted by atomic mass is 10.2. The molecule has 0 aliphatic carbocycles. The fraction of sp³-hybridized carbons (Fsp3) is 0.158. The topological polar surface area (TPSA) is 71.0 Å². The minimum Gasteiger partial charge on any atom is -0.340 e. The van der Waals surface area contributed by atoms with Crippen LogP contribution in [0.1, 0.15) is 16.1 Å². The summed E-state index contributed by atoms with van der Waals surface area (Å²) in [5.74, 6) is -0.469. The summed E-state index contributed by atoms with van der Waals surface area (Å²) in [6.07, 6.45) is 5.64. The van der Waals surface area contributed by atoms with Crippen molar-refractivity contribution >= 4 is 17.5 Å². The van der Waals surface area contributed by atoms with Gasteiger partial charge in [-0.2, -0.15) is 0 Å². The maximum Gasteiger partial charge on any atom is 0.272 e. The van der Waals surface area contributed by atoms with E-state index < -0.39 is 5.82 Å². The number of carbonyl (C=O) groups is 1. The monoisotopic (exact) mass is 351 g/mol. The van der Waals surface area contributed by atoms with Crippen molar-refractivity contribution in [1.29, 1.82) is 0 Å². The Labute approximate surface area is 150 Å². The van der Waals surface area contributed by atoms with Crippen LogP contribution in [0.3, 0.4) is 0 Å². The standard InChI is InChI=1S/C19H18FN5O/c1-25(13-9-14-6-10-21-11-7-14)18(26)17-8-12-22-19(24-17)23-16-5-3-2-4-15(16)20/h2-8,10-12H,9,13H2,1H3,(H,22,23,24). The van der Waals surface area contributed by atoms with Crippen LogP contribution in [-0.2, 0) is 6.42 Å². The van der Waals surface area contributed by atoms with Crippen molar-refractivity contribution in [2.45, 2.75) is 6.42 Å². The molecule has 0 radical (unpaired) electrons. The summed E-state index contributed by atoms with van der Waals surface area (Å²) in [6.45, 7) is 0.545. The number of pyridine rings is 1. The van der Waals surface area contributed by atoms with Gasteiger partial charge in [0.15, 0.2) is 0 Å². The minimum atomic E-state index is -0.415. The first-order valence-corrected chi connectivity index (χ1v) is 8.12. The molecule has 1 N–H and O–H groups in total. The van der Waals surface area contributed by atoms with Crippen molar-refractivity contribution in [1.82, 2.24) is 19.9 Å². The van der Waals surface area contributed by atoms with Crippen molar-refractivity contribution < 1.29 is 9.18 Å². The quantitative estimate of drug-likeness (QED) is 0.739. The highest BCUT2D eigenvalue weighted by Gasteiger charge is 2.14. The summed E-state index contributed by atoms with van der Waals surface area (Å²) in [4.78, 5) is 26.4. The zero-order valence-electron chi connectivity index (χ0n) is 14.3. The van der Waals surface area contributed by atoms with Gasteiger partial charge in [0.1, 0.15) is 11.5 Å². The molecule has 0 saturated heterocycles. The third kappa shape index (κ3) is 4.38. The van der Waals surface area contributed by atoms with Crippen LogP contribution in [0.2, 0.25) is 0 Å². The van der Waals surface area contributed by atoms with E-state index in [1.807, 2.05) is 12.1 Å². The lowest BCUT2D eigenvalue weighted by molar-refractivity contribution is 0.0791. The van der Waals surface area contributed by atoms with Gasteiger partial charge in [0.25, 0.3) is 5.91 Å². The molecular weight excluding hydrogens is 333 g/mol. The summed E-state index contributed by atoms with van der Waals surface area (Å²) in [5.41, 5.74) is 1.60. The molecule has 6 nitrogen and oxygen atoms in total. The number of anilines is 2. The second-order valence-electron chi connectivity index (χ2n) is 5.70. The van der Waals surface area contributed by atoms with Crippen LogP contribution in [0, 0.1) is 5.82 Å². The number of amides is 1. The van der Waals surface area contributed by atoms with Crippen LogP contribution in [0.4, 0.5) is 16.0 Å². The zero-order valence-corrected chi connectivity index (χ0v) is 14.3. The number of likely N-dealkylation sites (N-methyl/N-ethyl adjacent to an activating group) is 1. The van der Waals surface area contributed by atoms with Crippen molar-refractivity contribution in [2.75, 3.05) is 18.9 Å². The average Bonchev–Trinajstić information content (AvgIpc) is 2.68.